The fourth-order valence-corrected chi connectivity index (χ4v) is 1.85. The van der Waals surface area contributed by atoms with Crippen LogP contribution in [-0.2, 0) is 9.63 Å². The number of benzene rings is 1. The molecule has 1 aliphatic rings. The number of hydroxylamine groups is 1. The number of hydrogen-bond acceptors (Lipinski definition) is 3. The van der Waals surface area contributed by atoms with Gasteiger partial charge >= 0.3 is 6.03 Å². The molecule has 0 spiro atoms. The molecular weight excluding hydrogens is 258 g/mol. The van der Waals surface area contributed by atoms with Gasteiger partial charge in [-0.05, 0) is 37.5 Å². The van der Waals surface area contributed by atoms with Gasteiger partial charge in [-0.2, -0.15) is 0 Å². The van der Waals surface area contributed by atoms with Crippen molar-refractivity contribution in [1.29, 1.82) is 0 Å². The molecule has 0 aliphatic heterocycles. The Bertz CT molecular complexity index is 483. The number of carbonyl (C=O) groups excluding carboxylic acids is 2. The second-order valence-electron chi connectivity index (χ2n) is 4.89. The number of nitrogens with one attached hydrogen (secondary N) is 3. The van der Waals surface area contributed by atoms with E-state index >= 15 is 0 Å². The van der Waals surface area contributed by atoms with E-state index in [2.05, 4.69) is 21.0 Å². The second kappa shape index (κ2) is 6.38. The molecule has 1 aliphatic carbocycles. The molecule has 1 saturated carbocycles. The van der Waals surface area contributed by atoms with E-state index in [0.29, 0.717) is 0 Å². The molecule has 0 bridgehead atoms. The van der Waals surface area contributed by atoms with Crippen molar-refractivity contribution in [2.75, 3.05) is 12.4 Å². The Hall–Kier alpha value is -2.08. The van der Waals surface area contributed by atoms with Crippen LogP contribution in [-0.4, -0.2) is 19.0 Å². The minimum Gasteiger partial charge on any atom is -0.330 e. The standard InChI is InChI=1S/C14H19N3O3/c1-9(15-14(19)17-20-2)10-5-7-12(8-6-10)16-13(18)11-3-4-11/h5-9,11H,3-4H2,1-2H3,(H,16,18)(H2,15,17,19)/t9-/m0/s1. The number of anilines is 1. The van der Waals surface area contributed by atoms with Crippen molar-refractivity contribution in [3.63, 3.8) is 0 Å². The smallest absolute Gasteiger partial charge is 0.330 e. The summed E-state index contributed by atoms with van der Waals surface area (Å²) in [6.45, 7) is 1.87. The number of hydrogen-bond donors (Lipinski definition) is 3. The summed E-state index contributed by atoms with van der Waals surface area (Å²) in [6.07, 6.45) is 1.97. The van der Waals surface area contributed by atoms with Crippen molar-refractivity contribution in [2.45, 2.75) is 25.8 Å². The molecule has 0 radical (unpaired) electrons. The molecule has 0 unspecified atom stereocenters. The highest BCUT2D eigenvalue weighted by Crippen LogP contribution is 2.30. The molecule has 20 heavy (non-hydrogen) atoms. The Morgan fingerprint density at radius 2 is 1.90 bits per heavy atom. The zero-order chi connectivity index (χ0) is 14.5. The Kier molecular flexibility index (Phi) is 4.57. The number of rotatable bonds is 5. The summed E-state index contributed by atoms with van der Waals surface area (Å²) in [5.74, 6) is 0.274. The molecule has 2 rings (SSSR count). The second-order valence-corrected chi connectivity index (χ2v) is 4.89. The monoisotopic (exact) mass is 277 g/mol. The first kappa shape index (κ1) is 14.3. The van der Waals surface area contributed by atoms with Gasteiger partial charge in [0.2, 0.25) is 5.91 Å². The van der Waals surface area contributed by atoms with E-state index in [-0.39, 0.29) is 17.9 Å². The molecular formula is C14H19N3O3. The highest BCUT2D eigenvalue weighted by Gasteiger charge is 2.29. The van der Waals surface area contributed by atoms with Crippen molar-refractivity contribution < 1.29 is 14.4 Å². The predicted octanol–water partition coefficient (Wildman–Crippen LogP) is 1.96. The third-order valence-corrected chi connectivity index (χ3v) is 3.17. The predicted molar refractivity (Wildman–Crippen MR) is 74.9 cm³/mol. The summed E-state index contributed by atoms with van der Waals surface area (Å²) >= 11 is 0. The van der Waals surface area contributed by atoms with E-state index in [0.717, 1.165) is 24.1 Å². The SMILES string of the molecule is CONC(=O)N[C@@H](C)c1ccc(NC(=O)C2CC2)cc1. The fraction of sp³-hybridized carbons (Fsp3) is 0.429. The lowest BCUT2D eigenvalue weighted by molar-refractivity contribution is -0.117. The van der Waals surface area contributed by atoms with Crippen molar-refractivity contribution in [2.24, 2.45) is 5.92 Å². The highest BCUT2D eigenvalue weighted by atomic mass is 16.6. The van der Waals surface area contributed by atoms with Crippen LogP contribution >= 0.6 is 0 Å². The zero-order valence-corrected chi connectivity index (χ0v) is 11.6. The molecule has 0 aromatic heterocycles. The van der Waals surface area contributed by atoms with Crippen molar-refractivity contribution in [3.05, 3.63) is 29.8 Å². The molecule has 3 amide bonds. The third-order valence-electron chi connectivity index (χ3n) is 3.17. The van der Waals surface area contributed by atoms with E-state index in [1.165, 1.54) is 7.11 Å². The lowest BCUT2D eigenvalue weighted by atomic mass is 10.1. The van der Waals surface area contributed by atoms with Crippen molar-refractivity contribution >= 4 is 17.6 Å². The Balaban J connectivity index is 1.89. The quantitative estimate of drug-likeness (QED) is 0.720. The maximum absolute atomic E-state index is 11.6. The number of urea groups is 1. The number of carbonyl (C=O) groups is 2. The van der Waals surface area contributed by atoms with Crippen LogP contribution in [0.25, 0.3) is 0 Å². The Morgan fingerprint density at radius 3 is 2.45 bits per heavy atom. The normalized spacial score (nSPS) is 15.3. The largest absolute Gasteiger partial charge is 0.339 e. The molecule has 6 heteroatoms. The van der Waals surface area contributed by atoms with Crippen LogP contribution in [0.4, 0.5) is 10.5 Å². The zero-order valence-electron chi connectivity index (χ0n) is 11.6. The van der Waals surface area contributed by atoms with E-state index in [1.54, 1.807) is 0 Å². The summed E-state index contributed by atoms with van der Waals surface area (Å²) in [5.41, 5.74) is 3.92. The molecule has 108 valence electrons. The van der Waals surface area contributed by atoms with Gasteiger partial charge in [0.25, 0.3) is 0 Å². The van der Waals surface area contributed by atoms with Crippen LogP contribution in [0.2, 0.25) is 0 Å². The maximum atomic E-state index is 11.6. The molecule has 0 heterocycles. The lowest BCUT2D eigenvalue weighted by Crippen LogP contribution is -2.36. The minimum atomic E-state index is -0.397. The first-order valence-corrected chi connectivity index (χ1v) is 6.60. The first-order valence-electron chi connectivity index (χ1n) is 6.60. The van der Waals surface area contributed by atoms with Crippen LogP contribution in [0, 0.1) is 5.92 Å². The van der Waals surface area contributed by atoms with Crippen LogP contribution < -0.4 is 16.1 Å². The average Bonchev–Trinajstić information content (AvgIpc) is 3.24. The van der Waals surface area contributed by atoms with Crippen LogP contribution in [0.3, 0.4) is 0 Å². The summed E-state index contributed by atoms with van der Waals surface area (Å²) < 4.78 is 0. The summed E-state index contributed by atoms with van der Waals surface area (Å²) in [7, 11) is 1.38. The minimum absolute atomic E-state index is 0.0865. The molecule has 1 aromatic carbocycles. The Morgan fingerprint density at radius 1 is 1.25 bits per heavy atom. The highest BCUT2D eigenvalue weighted by molar-refractivity contribution is 5.94. The van der Waals surface area contributed by atoms with Crippen molar-refractivity contribution in [3.8, 4) is 0 Å². The van der Waals surface area contributed by atoms with Gasteiger partial charge in [0.15, 0.2) is 0 Å². The summed E-state index contributed by atoms with van der Waals surface area (Å²) in [6, 6.07) is 6.87. The van der Waals surface area contributed by atoms with Gasteiger partial charge in [-0.15, -0.1) is 0 Å². The molecule has 1 atom stereocenters. The van der Waals surface area contributed by atoms with Gasteiger partial charge < -0.3 is 10.6 Å². The Labute approximate surface area is 117 Å². The molecule has 6 nitrogen and oxygen atoms in total. The van der Waals surface area contributed by atoms with E-state index in [9.17, 15) is 9.59 Å². The van der Waals surface area contributed by atoms with Gasteiger partial charge in [0.1, 0.15) is 0 Å². The summed E-state index contributed by atoms with van der Waals surface area (Å²) in [4.78, 5) is 27.5. The maximum Gasteiger partial charge on any atom is 0.339 e. The first-order chi connectivity index (χ1) is 9.60. The van der Waals surface area contributed by atoms with E-state index in [1.807, 2.05) is 31.2 Å². The average molecular weight is 277 g/mol. The van der Waals surface area contributed by atoms with Gasteiger partial charge in [0, 0.05) is 11.6 Å². The third kappa shape index (κ3) is 3.96. The van der Waals surface area contributed by atoms with Gasteiger partial charge in [-0.1, -0.05) is 12.1 Å². The van der Waals surface area contributed by atoms with Gasteiger partial charge in [0.05, 0.1) is 13.2 Å². The van der Waals surface area contributed by atoms with E-state index < -0.39 is 6.03 Å². The van der Waals surface area contributed by atoms with Crippen LogP contribution in [0.15, 0.2) is 24.3 Å². The molecule has 1 fully saturated rings. The fourth-order valence-electron chi connectivity index (χ4n) is 1.85. The van der Waals surface area contributed by atoms with Crippen LogP contribution in [0.1, 0.15) is 31.4 Å². The van der Waals surface area contributed by atoms with Gasteiger partial charge in [-0.3, -0.25) is 9.63 Å². The molecule has 0 saturated heterocycles. The number of amides is 3. The molecule has 1 aromatic rings. The lowest BCUT2D eigenvalue weighted by Gasteiger charge is -2.15. The van der Waals surface area contributed by atoms with Gasteiger partial charge in [-0.25, -0.2) is 10.3 Å². The molecule has 3 N–H and O–H groups in total. The summed E-state index contributed by atoms with van der Waals surface area (Å²) in [5, 5.41) is 5.60. The van der Waals surface area contributed by atoms with Crippen LogP contribution in [0.5, 0.6) is 0 Å². The van der Waals surface area contributed by atoms with Crippen molar-refractivity contribution in [1.82, 2.24) is 10.8 Å². The topological polar surface area (TPSA) is 79.5 Å². The van der Waals surface area contributed by atoms with E-state index in [4.69, 9.17) is 0 Å².